The van der Waals surface area contributed by atoms with E-state index in [9.17, 15) is 0 Å². The summed E-state index contributed by atoms with van der Waals surface area (Å²) in [5, 5.41) is 0.848. The van der Waals surface area contributed by atoms with E-state index in [1.165, 1.54) is 5.56 Å². The summed E-state index contributed by atoms with van der Waals surface area (Å²) in [6.07, 6.45) is 2.80. The zero-order chi connectivity index (χ0) is 12.1. The highest BCUT2D eigenvalue weighted by Gasteiger charge is 1.98. The molecule has 2 N–H and O–H groups in total. The topological polar surface area (TPSA) is 51.8 Å². The summed E-state index contributed by atoms with van der Waals surface area (Å²) in [5.74, 6) is 0.980. The number of nitrogen functional groups attached to an aromatic ring is 1. The van der Waals surface area contributed by atoms with Crippen molar-refractivity contribution in [2.45, 2.75) is 18.5 Å². The molecule has 0 radical (unpaired) electrons. The molecule has 4 heteroatoms. The smallest absolute Gasteiger partial charge is 0.187 e. The van der Waals surface area contributed by atoms with Crippen LogP contribution in [0, 0.1) is 6.92 Å². The highest BCUT2D eigenvalue weighted by atomic mass is 32.2. The van der Waals surface area contributed by atoms with Crippen molar-refractivity contribution in [3.05, 3.63) is 47.8 Å². The average molecular weight is 245 g/mol. The second kappa shape index (κ2) is 5.68. The van der Waals surface area contributed by atoms with Crippen molar-refractivity contribution < 1.29 is 0 Å². The second-order valence-corrected chi connectivity index (χ2v) is 4.88. The molecule has 88 valence electrons. The number of anilines is 1. The number of thioether (sulfide) groups is 1. The van der Waals surface area contributed by atoms with E-state index in [-0.39, 0.29) is 0 Å². The first-order chi connectivity index (χ1) is 8.24. The van der Waals surface area contributed by atoms with E-state index in [0.29, 0.717) is 0 Å². The zero-order valence-corrected chi connectivity index (χ0v) is 10.6. The molecule has 0 aliphatic heterocycles. The largest absolute Gasteiger partial charge is 0.399 e. The van der Waals surface area contributed by atoms with Gasteiger partial charge in [-0.1, -0.05) is 23.9 Å². The summed E-state index contributed by atoms with van der Waals surface area (Å²) in [6, 6.07) is 9.90. The van der Waals surface area contributed by atoms with Crippen molar-refractivity contribution in [3.63, 3.8) is 0 Å². The number of aryl methyl sites for hydroxylation is 2. The molecule has 0 saturated heterocycles. The van der Waals surface area contributed by atoms with Crippen LogP contribution in [0.5, 0.6) is 0 Å². The van der Waals surface area contributed by atoms with Crippen molar-refractivity contribution in [1.29, 1.82) is 0 Å². The Morgan fingerprint density at radius 1 is 1.18 bits per heavy atom. The molecule has 2 rings (SSSR count). The number of nitrogens with two attached hydrogens (primary N) is 1. The molecule has 0 unspecified atom stereocenters. The van der Waals surface area contributed by atoms with E-state index in [2.05, 4.69) is 22.1 Å². The molecule has 0 amide bonds. The van der Waals surface area contributed by atoms with Crippen molar-refractivity contribution in [1.82, 2.24) is 9.97 Å². The molecule has 1 aromatic carbocycles. The lowest BCUT2D eigenvalue weighted by Crippen LogP contribution is -1.93. The third-order valence-corrected chi connectivity index (χ3v) is 3.24. The first kappa shape index (κ1) is 11.9. The lowest BCUT2D eigenvalue weighted by atomic mass is 10.2. The van der Waals surface area contributed by atoms with Crippen LogP contribution in [-0.4, -0.2) is 15.7 Å². The average Bonchev–Trinajstić information content (AvgIpc) is 2.32. The molecule has 1 heterocycles. The minimum Gasteiger partial charge on any atom is -0.399 e. The summed E-state index contributed by atoms with van der Waals surface area (Å²) in [7, 11) is 0. The standard InChI is InChI=1S/C13H15N3S/c1-10-6-8-15-13(16-10)17-9-7-11-2-4-12(14)5-3-11/h2-6,8H,7,9,14H2,1H3. The van der Waals surface area contributed by atoms with E-state index >= 15 is 0 Å². The number of aromatic nitrogens is 2. The summed E-state index contributed by atoms with van der Waals surface area (Å²) >= 11 is 1.68. The first-order valence-corrected chi connectivity index (χ1v) is 6.49. The third-order valence-electron chi connectivity index (χ3n) is 2.37. The maximum atomic E-state index is 5.64. The molecule has 0 saturated carbocycles. The van der Waals surface area contributed by atoms with E-state index in [4.69, 9.17) is 5.73 Å². The van der Waals surface area contributed by atoms with Crippen LogP contribution in [0.2, 0.25) is 0 Å². The molecule has 2 aromatic rings. The number of nitrogens with zero attached hydrogens (tertiary/aromatic N) is 2. The molecule has 0 aliphatic rings. The quantitative estimate of drug-likeness (QED) is 0.511. The predicted octanol–water partition coefficient (Wildman–Crippen LogP) is 2.70. The van der Waals surface area contributed by atoms with Crippen molar-refractivity contribution in [2.75, 3.05) is 11.5 Å². The van der Waals surface area contributed by atoms with E-state index < -0.39 is 0 Å². The fraction of sp³-hybridized carbons (Fsp3) is 0.231. The van der Waals surface area contributed by atoms with E-state index in [1.807, 2.05) is 25.1 Å². The van der Waals surface area contributed by atoms with Crippen LogP contribution in [0.3, 0.4) is 0 Å². The summed E-state index contributed by atoms with van der Waals surface area (Å²) < 4.78 is 0. The number of hydrogen-bond donors (Lipinski definition) is 1. The van der Waals surface area contributed by atoms with Gasteiger partial charge in [-0.05, 0) is 37.1 Å². The predicted molar refractivity (Wildman–Crippen MR) is 72.1 cm³/mol. The number of benzene rings is 1. The Kier molecular flexibility index (Phi) is 3.98. The van der Waals surface area contributed by atoms with Crippen LogP contribution in [0.25, 0.3) is 0 Å². The van der Waals surface area contributed by atoms with Gasteiger partial charge in [-0.25, -0.2) is 9.97 Å². The van der Waals surface area contributed by atoms with Gasteiger partial charge in [0.05, 0.1) is 0 Å². The molecule has 1 aromatic heterocycles. The second-order valence-electron chi connectivity index (χ2n) is 3.82. The fourth-order valence-electron chi connectivity index (χ4n) is 1.44. The molecule has 17 heavy (non-hydrogen) atoms. The monoisotopic (exact) mass is 245 g/mol. The molecule has 0 spiro atoms. The van der Waals surface area contributed by atoms with Crippen LogP contribution >= 0.6 is 11.8 Å². The van der Waals surface area contributed by atoms with Gasteiger partial charge in [-0.15, -0.1) is 0 Å². The van der Waals surface area contributed by atoms with Gasteiger partial charge in [0.15, 0.2) is 5.16 Å². The van der Waals surface area contributed by atoms with Crippen LogP contribution < -0.4 is 5.73 Å². The van der Waals surface area contributed by atoms with Gasteiger partial charge in [0, 0.05) is 23.3 Å². The van der Waals surface area contributed by atoms with E-state index in [1.54, 1.807) is 18.0 Å². The van der Waals surface area contributed by atoms with Crippen molar-refractivity contribution in [3.8, 4) is 0 Å². The van der Waals surface area contributed by atoms with Crippen LogP contribution in [0.4, 0.5) is 5.69 Å². The van der Waals surface area contributed by atoms with Gasteiger partial charge in [0.1, 0.15) is 0 Å². The summed E-state index contributed by atoms with van der Waals surface area (Å²) in [4.78, 5) is 8.57. The highest BCUT2D eigenvalue weighted by Crippen LogP contribution is 2.15. The minimum atomic E-state index is 0.809. The Morgan fingerprint density at radius 2 is 1.94 bits per heavy atom. The van der Waals surface area contributed by atoms with E-state index in [0.717, 1.165) is 28.7 Å². The minimum absolute atomic E-state index is 0.809. The van der Waals surface area contributed by atoms with Gasteiger partial charge in [-0.2, -0.15) is 0 Å². The van der Waals surface area contributed by atoms with Crippen molar-refractivity contribution in [2.24, 2.45) is 0 Å². The SMILES string of the molecule is Cc1ccnc(SCCc2ccc(N)cc2)n1. The normalized spacial score (nSPS) is 10.4. The molecule has 0 bridgehead atoms. The fourth-order valence-corrected chi connectivity index (χ4v) is 2.30. The van der Waals surface area contributed by atoms with Gasteiger partial charge < -0.3 is 5.73 Å². The Balaban J connectivity index is 1.85. The Labute approximate surface area is 105 Å². The highest BCUT2D eigenvalue weighted by molar-refractivity contribution is 7.99. The molecule has 0 atom stereocenters. The maximum Gasteiger partial charge on any atom is 0.187 e. The van der Waals surface area contributed by atoms with Crippen LogP contribution in [0.1, 0.15) is 11.3 Å². The lowest BCUT2D eigenvalue weighted by molar-refractivity contribution is 0.930. The molecule has 0 aliphatic carbocycles. The lowest BCUT2D eigenvalue weighted by Gasteiger charge is -2.02. The molecule has 3 nitrogen and oxygen atoms in total. The number of hydrogen-bond acceptors (Lipinski definition) is 4. The Morgan fingerprint density at radius 3 is 2.65 bits per heavy atom. The molecule has 0 fully saturated rings. The zero-order valence-electron chi connectivity index (χ0n) is 9.76. The Hall–Kier alpha value is -1.55. The molecular formula is C13H15N3S. The number of rotatable bonds is 4. The van der Waals surface area contributed by atoms with Crippen molar-refractivity contribution >= 4 is 17.4 Å². The third kappa shape index (κ3) is 3.75. The van der Waals surface area contributed by atoms with Gasteiger partial charge in [-0.3, -0.25) is 0 Å². The van der Waals surface area contributed by atoms with Crippen LogP contribution in [-0.2, 0) is 6.42 Å². The van der Waals surface area contributed by atoms with Gasteiger partial charge in [0.25, 0.3) is 0 Å². The summed E-state index contributed by atoms with van der Waals surface area (Å²) in [5.41, 5.74) is 8.75. The summed E-state index contributed by atoms with van der Waals surface area (Å²) in [6.45, 7) is 1.98. The molecular weight excluding hydrogens is 230 g/mol. The van der Waals surface area contributed by atoms with Crippen LogP contribution in [0.15, 0.2) is 41.7 Å². The van der Waals surface area contributed by atoms with Gasteiger partial charge in [0.2, 0.25) is 0 Å². The maximum absolute atomic E-state index is 5.64. The van der Waals surface area contributed by atoms with Gasteiger partial charge >= 0.3 is 0 Å². The Bertz CT molecular complexity index is 482. The first-order valence-electron chi connectivity index (χ1n) is 5.51.